The molecule has 5 heteroatoms. The van der Waals surface area contributed by atoms with Gasteiger partial charge in [-0.25, -0.2) is 4.79 Å². The summed E-state index contributed by atoms with van der Waals surface area (Å²) in [5.74, 6) is -0.803. The first-order valence-corrected chi connectivity index (χ1v) is 6.52. The van der Waals surface area contributed by atoms with Crippen LogP contribution in [0, 0.1) is 10.1 Å². The van der Waals surface area contributed by atoms with Gasteiger partial charge in [-0.15, -0.1) is 0 Å². The third-order valence-corrected chi connectivity index (χ3v) is 3.33. The lowest BCUT2D eigenvalue weighted by Crippen LogP contribution is -1.99. The summed E-state index contributed by atoms with van der Waals surface area (Å²) in [6.07, 6.45) is 0. The number of nitro groups is 1. The molecule has 5 nitrogen and oxygen atoms in total. The summed E-state index contributed by atoms with van der Waals surface area (Å²) < 4.78 is 0. The minimum atomic E-state index is -1.18. The summed E-state index contributed by atoms with van der Waals surface area (Å²) in [4.78, 5) is 21.5. The molecule has 21 heavy (non-hydrogen) atoms. The van der Waals surface area contributed by atoms with Crippen molar-refractivity contribution >= 4 is 11.7 Å². The maximum Gasteiger partial charge on any atom is 0.335 e. The lowest BCUT2D eigenvalue weighted by atomic mass is 9.97. The summed E-state index contributed by atoms with van der Waals surface area (Å²) >= 11 is 0. The SMILES string of the molecule is CC(C)c1ccc(-c2ccc(C(=O)O)cc2[N+](=O)[O-])cc1. The molecule has 0 aliphatic heterocycles. The quantitative estimate of drug-likeness (QED) is 0.677. The molecule has 0 spiro atoms. The van der Waals surface area contributed by atoms with Crippen molar-refractivity contribution in [3.05, 3.63) is 63.7 Å². The van der Waals surface area contributed by atoms with Crippen LogP contribution in [-0.4, -0.2) is 16.0 Å². The number of nitrogens with zero attached hydrogens (tertiary/aromatic N) is 1. The predicted octanol–water partition coefficient (Wildman–Crippen LogP) is 4.08. The largest absolute Gasteiger partial charge is 0.478 e. The first kappa shape index (κ1) is 14.7. The highest BCUT2D eigenvalue weighted by Gasteiger charge is 2.18. The Kier molecular flexibility index (Phi) is 4.03. The number of hydrogen-bond donors (Lipinski definition) is 1. The van der Waals surface area contributed by atoms with Crippen molar-refractivity contribution in [2.45, 2.75) is 19.8 Å². The van der Waals surface area contributed by atoms with Crippen LogP contribution in [0.3, 0.4) is 0 Å². The van der Waals surface area contributed by atoms with E-state index in [1.54, 1.807) is 0 Å². The van der Waals surface area contributed by atoms with E-state index in [4.69, 9.17) is 5.11 Å². The van der Waals surface area contributed by atoms with Crippen LogP contribution in [0.15, 0.2) is 42.5 Å². The van der Waals surface area contributed by atoms with Crippen molar-refractivity contribution in [1.29, 1.82) is 0 Å². The van der Waals surface area contributed by atoms with E-state index in [1.165, 1.54) is 12.1 Å². The van der Waals surface area contributed by atoms with Gasteiger partial charge in [-0.05, 0) is 29.2 Å². The van der Waals surface area contributed by atoms with E-state index in [1.807, 2.05) is 24.3 Å². The fourth-order valence-electron chi connectivity index (χ4n) is 2.11. The number of rotatable bonds is 4. The highest BCUT2D eigenvalue weighted by molar-refractivity contribution is 5.90. The maximum atomic E-state index is 11.2. The van der Waals surface area contributed by atoms with E-state index in [0.29, 0.717) is 17.0 Å². The molecule has 0 unspecified atom stereocenters. The van der Waals surface area contributed by atoms with Gasteiger partial charge in [0.15, 0.2) is 0 Å². The molecule has 2 rings (SSSR count). The van der Waals surface area contributed by atoms with Gasteiger partial charge < -0.3 is 5.11 Å². The summed E-state index contributed by atoms with van der Waals surface area (Å²) in [7, 11) is 0. The van der Waals surface area contributed by atoms with E-state index < -0.39 is 10.9 Å². The molecular weight excluding hydrogens is 270 g/mol. The van der Waals surface area contributed by atoms with Crippen LogP contribution in [-0.2, 0) is 0 Å². The number of aromatic carboxylic acids is 1. The molecule has 0 aromatic heterocycles. The molecule has 0 fully saturated rings. The smallest absolute Gasteiger partial charge is 0.335 e. The van der Waals surface area contributed by atoms with Gasteiger partial charge >= 0.3 is 5.97 Å². The normalized spacial score (nSPS) is 10.6. The van der Waals surface area contributed by atoms with Gasteiger partial charge in [0.25, 0.3) is 5.69 Å². The molecule has 0 radical (unpaired) electrons. The first-order chi connectivity index (χ1) is 9.90. The average molecular weight is 285 g/mol. The van der Waals surface area contributed by atoms with Gasteiger partial charge in [0.05, 0.1) is 16.1 Å². The number of hydrogen-bond acceptors (Lipinski definition) is 3. The second-order valence-electron chi connectivity index (χ2n) is 5.07. The van der Waals surface area contributed by atoms with Crippen LogP contribution in [0.1, 0.15) is 35.7 Å². The number of carbonyl (C=O) groups is 1. The van der Waals surface area contributed by atoms with Crippen molar-refractivity contribution in [2.75, 3.05) is 0 Å². The fourth-order valence-corrected chi connectivity index (χ4v) is 2.11. The molecular formula is C16H15NO4. The molecule has 1 N–H and O–H groups in total. The van der Waals surface area contributed by atoms with Gasteiger partial charge in [0.1, 0.15) is 0 Å². The standard InChI is InChI=1S/C16H15NO4/c1-10(2)11-3-5-12(6-4-11)14-8-7-13(16(18)19)9-15(14)17(20)21/h3-10H,1-2H3,(H,18,19). The van der Waals surface area contributed by atoms with E-state index in [-0.39, 0.29) is 11.3 Å². The van der Waals surface area contributed by atoms with Crippen molar-refractivity contribution in [2.24, 2.45) is 0 Å². The minimum absolute atomic E-state index is 0.0933. The molecule has 0 heterocycles. The zero-order valence-electron chi connectivity index (χ0n) is 11.7. The maximum absolute atomic E-state index is 11.2. The van der Waals surface area contributed by atoms with Crippen LogP contribution in [0.25, 0.3) is 11.1 Å². The van der Waals surface area contributed by atoms with Gasteiger partial charge in [-0.2, -0.15) is 0 Å². The number of benzene rings is 2. The van der Waals surface area contributed by atoms with Gasteiger partial charge in [0.2, 0.25) is 0 Å². The Balaban J connectivity index is 2.52. The Morgan fingerprint density at radius 3 is 2.24 bits per heavy atom. The van der Waals surface area contributed by atoms with Gasteiger partial charge in [-0.3, -0.25) is 10.1 Å². The molecule has 0 bridgehead atoms. The lowest BCUT2D eigenvalue weighted by molar-refractivity contribution is -0.384. The summed E-state index contributed by atoms with van der Waals surface area (Å²) in [6.45, 7) is 4.14. The fraction of sp³-hybridized carbons (Fsp3) is 0.188. The molecule has 0 aliphatic carbocycles. The Bertz CT molecular complexity index is 690. The zero-order valence-corrected chi connectivity index (χ0v) is 11.7. The topological polar surface area (TPSA) is 80.4 Å². The molecule has 108 valence electrons. The monoisotopic (exact) mass is 285 g/mol. The van der Waals surface area contributed by atoms with Crippen LogP contribution >= 0.6 is 0 Å². The average Bonchev–Trinajstić information content (AvgIpc) is 2.46. The third-order valence-electron chi connectivity index (χ3n) is 3.33. The molecule has 0 amide bonds. The number of nitro benzene ring substituents is 1. The zero-order chi connectivity index (χ0) is 15.6. The van der Waals surface area contributed by atoms with Crippen LogP contribution in [0.4, 0.5) is 5.69 Å². The summed E-state index contributed by atoms with van der Waals surface area (Å²) in [5, 5.41) is 20.1. The molecule has 2 aromatic rings. The first-order valence-electron chi connectivity index (χ1n) is 6.52. The lowest BCUT2D eigenvalue weighted by Gasteiger charge is -2.08. The van der Waals surface area contributed by atoms with Crippen molar-refractivity contribution in [1.82, 2.24) is 0 Å². The predicted molar refractivity (Wildman–Crippen MR) is 79.6 cm³/mol. The molecule has 0 saturated carbocycles. The van der Waals surface area contributed by atoms with Crippen LogP contribution < -0.4 is 0 Å². The highest BCUT2D eigenvalue weighted by Crippen LogP contribution is 2.31. The molecule has 0 aliphatic rings. The van der Waals surface area contributed by atoms with E-state index in [0.717, 1.165) is 11.6 Å². The Hall–Kier alpha value is -2.69. The van der Waals surface area contributed by atoms with Gasteiger partial charge in [-0.1, -0.05) is 38.1 Å². The van der Waals surface area contributed by atoms with Crippen molar-refractivity contribution < 1.29 is 14.8 Å². The third kappa shape index (κ3) is 3.08. The minimum Gasteiger partial charge on any atom is -0.478 e. The Labute approximate surface area is 122 Å². The highest BCUT2D eigenvalue weighted by atomic mass is 16.6. The Morgan fingerprint density at radius 2 is 1.76 bits per heavy atom. The van der Waals surface area contributed by atoms with Crippen LogP contribution in [0.2, 0.25) is 0 Å². The summed E-state index contributed by atoms with van der Waals surface area (Å²) in [6, 6.07) is 11.4. The second-order valence-corrected chi connectivity index (χ2v) is 5.07. The molecule has 2 aromatic carbocycles. The molecule has 0 saturated heterocycles. The van der Waals surface area contributed by atoms with Crippen molar-refractivity contribution in [3.63, 3.8) is 0 Å². The number of carboxylic acids is 1. The van der Waals surface area contributed by atoms with Crippen molar-refractivity contribution in [3.8, 4) is 11.1 Å². The van der Waals surface area contributed by atoms with Gasteiger partial charge in [0, 0.05) is 6.07 Å². The second kappa shape index (κ2) is 5.75. The number of carboxylic acid groups (broad SMARTS) is 1. The Morgan fingerprint density at radius 1 is 1.14 bits per heavy atom. The van der Waals surface area contributed by atoms with E-state index >= 15 is 0 Å². The molecule has 0 atom stereocenters. The van der Waals surface area contributed by atoms with Crippen LogP contribution in [0.5, 0.6) is 0 Å². The van der Waals surface area contributed by atoms with E-state index in [2.05, 4.69) is 13.8 Å². The van der Waals surface area contributed by atoms with E-state index in [9.17, 15) is 14.9 Å². The summed E-state index contributed by atoms with van der Waals surface area (Å²) in [5.41, 5.74) is 1.96.